The molecule has 0 bridgehead atoms. The van der Waals surface area contributed by atoms with E-state index in [4.69, 9.17) is 4.84 Å². The molecule has 7 heteroatoms. The van der Waals surface area contributed by atoms with Gasteiger partial charge in [-0.05, 0) is 12.0 Å². The molecule has 0 saturated carbocycles. The minimum absolute atomic E-state index is 0.00894. The molecular formula is C13H16N2O5. The molecule has 7 nitrogen and oxygen atoms in total. The zero-order valence-electron chi connectivity index (χ0n) is 11.1. The molecule has 0 fully saturated rings. The maximum Gasteiger partial charge on any atom is 0.497 e. The number of hydrogen-bond donors (Lipinski definition) is 0. The maximum atomic E-state index is 11.3. The lowest BCUT2D eigenvalue weighted by molar-refractivity contribution is -0.710. The fourth-order valence-electron chi connectivity index (χ4n) is 1.27. The molecule has 0 radical (unpaired) electrons. The van der Waals surface area contributed by atoms with Gasteiger partial charge in [-0.2, -0.15) is 0 Å². The fraction of sp³-hybridized carbons (Fsp3) is 0.308. The lowest BCUT2D eigenvalue weighted by atomic mass is 10.2. The zero-order valence-corrected chi connectivity index (χ0v) is 11.1. The smallest absolute Gasteiger partial charge is 0.444 e. The van der Waals surface area contributed by atoms with Gasteiger partial charge in [0.1, 0.15) is 5.17 Å². The van der Waals surface area contributed by atoms with Gasteiger partial charge in [-0.1, -0.05) is 49.4 Å². The Morgan fingerprint density at radius 1 is 1.40 bits per heavy atom. The summed E-state index contributed by atoms with van der Waals surface area (Å²) < 4.78 is 4.63. The molecule has 0 N–H and O–H groups in total. The van der Waals surface area contributed by atoms with E-state index < -0.39 is 11.1 Å². The van der Waals surface area contributed by atoms with Crippen molar-refractivity contribution in [1.82, 2.24) is 5.17 Å². The van der Waals surface area contributed by atoms with Crippen LogP contribution in [0.2, 0.25) is 0 Å². The molecule has 0 aliphatic rings. The van der Waals surface area contributed by atoms with Gasteiger partial charge in [-0.15, -0.1) is 0 Å². The molecule has 0 unspecified atom stereocenters. The van der Waals surface area contributed by atoms with Crippen molar-refractivity contribution in [3.8, 4) is 0 Å². The van der Waals surface area contributed by atoms with Crippen LogP contribution in [0.3, 0.4) is 0 Å². The first-order valence-electron chi connectivity index (χ1n) is 6.10. The highest BCUT2D eigenvalue weighted by Crippen LogP contribution is 2.02. The summed E-state index contributed by atoms with van der Waals surface area (Å²) in [4.78, 5) is 26.7. The summed E-state index contributed by atoms with van der Waals surface area (Å²) in [5.41, 5.74) is 0.928. The number of ether oxygens (including phenoxy) is 1. The molecule has 0 aromatic heterocycles. The first-order valence-corrected chi connectivity index (χ1v) is 6.10. The van der Waals surface area contributed by atoms with Crippen LogP contribution in [0.15, 0.2) is 36.4 Å². The van der Waals surface area contributed by atoms with Gasteiger partial charge in [0.25, 0.3) is 0 Å². The molecule has 1 aromatic carbocycles. The first-order chi connectivity index (χ1) is 9.65. The number of carbonyl (C=O) groups is 1. The SMILES string of the molecule is CCCOC(=O)N(OCC=Cc1ccccc1)[N+](=O)[O-]. The number of carbonyl (C=O) groups excluding carboxylic acids is 1. The predicted octanol–water partition coefficient (Wildman–Crippen LogP) is 2.67. The number of benzene rings is 1. The maximum absolute atomic E-state index is 11.3. The molecule has 1 rings (SSSR count). The van der Waals surface area contributed by atoms with Crippen molar-refractivity contribution in [3.05, 3.63) is 52.1 Å². The highest BCUT2D eigenvalue weighted by Gasteiger charge is 2.27. The summed E-state index contributed by atoms with van der Waals surface area (Å²) in [6.07, 6.45) is 2.74. The normalized spacial score (nSPS) is 10.4. The second kappa shape index (κ2) is 8.65. The van der Waals surface area contributed by atoms with Crippen molar-refractivity contribution in [2.45, 2.75) is 13.3 Å². The third-order valence-corrected chi connectivity index (χ3v) is 2.14. The molecular weight excluding hydrogens is 264 g/mol. The Hall–Kier alpha value is -2.41. The highest BCUT2D eigenvalue weighted by molar-refractivity contribution is 5.64. The van der Waals surface area contributed by atoms with E-state index in [0.717, 1.165) is 5.56 Å². The average molecular weight is 280 g/mol. The Kier molecular flexibility index (Phi) is 6.77. The standard InChI is InChI=1S/C13H16N2O5/c1-2-10-19-13(16)14(15(17)18)20-11-6-9-12-7-4-3-5-8-12/h3-9H,2,10-11H2,1H3. The third kappa shape index (κ3) is 5.49. The van der Waals surface area contributed by atoms with E-state index in [1.54, 1.807) is 19.1 Å². The molecule has 0 atom stereocenters. The third-order valence-electron chi connectivity index (χ3n) is 2.14. The van der Waals surface area contributed by atoms with E-state index in [2.05, 4.69) is 4.74 Å². The molecule has 0 saturated heterocycles. The Labute approximate surface area is 116 Å². The number of hydrogen-bond acceptors (Lipinski definition) is 5. The molecule has 1 amide bonds. The average Bonchev–Trinajstić information content (AvgIpc) is 2.45. The van der Waals surface area contributed by atoms with Crippen molar-refractivity contribution in [2.24, 2.45) is 0 Å². The summed E-state index contributed by atoms with van der Waals surface area (Å²) in [5.74, 6) is 0. The van der Waals surface area contributed by atoms with E-state index in [1.807, 2.05) is 30.3 Å². The quantitative estimate of drug-likeness (QED) is 0.566. The van der Waals surface area contributed by atoms with Crippen molar-refractivity contribution in [2.75, 3.05) is 13.2 Å². The van der Waals surface area contributed by atoms with E-state index in [1.165, 1.54) is 0 Å². The minimum atomic E-state index is -1.13. The molecule has 108 valence electrons. The van der Waals surface area contributed by atoms with Gasteiger partial charge >= 0.3 is 6.09 Å². The second-order valence-corrected chi connectivity index (χ2v) is 3.73. The zero-order chi connectivity index (χ0) is 14.8. The van der Waals surface area contributed by atoms with Gasteiger partial charge in [0, 0.05) is 0 Å². The first kappa shape index (κ1) is 15.6. The molecule has 1 aromatic rings. The number of rotatable bonds is 7. The van der Waals surface area contributed by atoms with Crippen molar-refractivity contribution in [1.29, 1.82) is 0 Å². The summed E-state index contributed by atoms with van der Waals surface area (Å²) in [6.45, 7) is 1.77. The van der Waals surface area contributed by atoms with Gasteiger partial charge in [0.2, 0.25) is 0 Å². The van der Waals surface area contributed by atoms with Crippen LogP contribution in [0.5, 0.6) is 0 Å². The van der Waals surface area contributed by atoms with Gasteiger partial charge in [-0.25, -0.2) is 19.7 Å². The Morgan fingerprint density at radius 2 is 2.10 bits per heavy atom. The van der Waals surface area contributed by atoms with Crippen molar-refractivity contribution >= 4 is 12.2 Å². The van der Waals surface area contributed by atoms with Gasteiger partial charge < -0.3 is 4.74 Å². The lowest BCUT2D eigenvalue weighted by Crippen LogP contribution is -2.37. The van der Waals surface area contributed by atoms with Crippen LogP contribution < -0.4 is 0 Å². The predicted molar refractivity (Wildman–Crippen MR) is 71.9 cm³/mol. The van der Waals surface area contributed by atoms with Gasteiger partial charge in [-0.3, -0.25) is 0 Å². The second-order valence-electron chi connectivity index (χ2n) is 3.73. The largest absolute Gasteiger partial charge is 0.497 e. The van der Waals surface area contributed by atoms with E-state index in [0.29, 0.717) is 6.42 Å². The topological polar surface area (TPSA) is 81.9 Å². The molecule has 20 heavy (non-hydrogen) atoms. The van der Waals surface area contributed by atoms with Crippen LogP contribution in [0, 0.1) is 10.1 Å². The summed E-state index contributed by atoms with van der Waals surface area (Å²) in [7, 11) is 0. The Balaban J connectivity index is 2.45. The molecule has 0 aliphatic heterocycles. The van der Waals surface area contributed by atoms with Crippen LogP contribution in [-0.4, -0.2) is 29.5 Å². The number of nitro groups is 1. The van der Waals surface area contributed by atoms with Crippen LogP contribution in [0.4, 0.5) is 4.79 Å². The minimum Gasteiger partial charge on any atom is -0.444 e. The fourth-order valence-corrected chi connectivity index (χ4v) is 1.27. The van der Waals surface area contributed by atoms with Gasteiger partial charge in [0.15, 0.2) is 5.03 Å². The number of nitrogens with zero attached hydrogens (tertiary/aromatic N) is 2. The number of hydroxylamine groups is 1. The summed E-state index contributed by atoms with van der Waals surface area (Å²) >= 11 is 0. The summed E-state index contributed by atoms with van der Waals surface area (Å²) in [5, 5.41) is 9.68. The lowest BCUT2D eigenvalue weighted by Gasteiger charge is -2.09. The van der Waals surface area contributed by atoms with E-state index in [-0.39, 0.29) is 18.4 Å². The van der Waals surface area contributed by atoms with Crippen LogP contribution >= 0.6 is 0 Å². The van der Waals surface area contributed by atoms with E-state index in [9.17, 15) is 14.9 Å². The number of hydrazine groups is 1. The molecule has 0 aliphatic carbocycles. The van der Waals surface area contributed by atoms with Crippen LogP contribution in [-0.2, 0) is 9.57 Å². The van der Waals surface area contributed by atoms with Gasteiger partial charge in [0.05, 0.1) is 13.2 Å². The molecule has 0 heterocycles. The summed E-state index contributed by atoms with van der Waals surface area (Å²) in [6, 6.07) is 9.36. The number of amides is 1. The Bertz CT molecular complexity index is 461. The Morgan fingerprint density at radius 3 is 2.70 bits per heavy atom. The van der Waals surface area contributed by atoms with E-state index >= 15 is 0 Å². The monoisotopic (exact) mass is 280 g/mol. The van der Waals surface area contributed by atoms with Crippen LogP contribution in [0.25, 0.3) is 6.08 Å². The van der Waals surface area contributed by atoms with Crippen molar-refractivity contribution < 1.29 is 19.4 Å². The van der Waals surface area contributed by atoms with Crippen molar-refractivity contribution in [3.63, 3.8) is 0 Å². The molecule has 0 spiro atoms. The van der Waals surface area contributed by atoms with Crippen LogP contribution in [0.1, 0.15) is 18.9 Å². The highest BCUT2D eigenvalue weighted by atomic mass is 16.9.